The highest BCUT2D eigenvalue weighted by atomic mass is 13.9. The Morgan fingerprint density at radius 3 is 1.30 bits per heavy atom. The third kappa shape index (κ3) is 4.52. The second-order valence-corrected chi connectivity index (χ2v) is 4.60. The van der Waals surface area contributed by atoms with Gasteiger partial charge in [0.05, 0.1) is 0 Å². The third-order valence-electron chi connectivity index (χ3n) is 2.79. The van der Waals surface area contributed by atoms with Crippen LogP contribution in [0.3, 0.4) is 0 Å². The van der Waals surface area contributed by atoms with Gasteiger partial charge < -0.3 is 0 Å². The fraction of sp³-hybridized carbons (Fsp3) is 0.100. The summed E-state index contributed by atoms with van der Waals surface area (Å²) in [6, 6.07) is 16.3. The molecule has 0 unspecified atom stereocenters. The highest BCUT2D eigenvalue weighted by molar-refractivity contribution is 5.41. The van der Waals surface area contributed by atoms with Crippen LogP contribution in [0.25, 0.3) is 0 Å². The maximum Gasteiger partial charge on any atom is 0.0249 e. The number of allylic oxidation sites excluding steroid dienone is 2. The second kappa shape index (κ2) is 7.03. The van der Waals surface area contributed by atoms with E-state index in [9.17, 15) is 0 Å². The average Bonchev–Trinajstić information content (AvgIpc) is 2.46. The van der Waals surface area contributed by atoms with Crippen LogP contribution in [0.2, 0.25) is 0 Å². The number of hydrogen-bond acceptors (Lipinski definition) is 0. The molecule has 0 heterocycles. The Kier molecular flexibility index (Phi) is 4.82. The zero-order valence-corrected chi connectivity index (χ0v) is 11.8. The molecule has 2 aromatic carbocycles. The van der Waals surface area contributed by atoms with E-state index in [1.54, 1.807) is 12.2 Å². The van der Waals surface area contributed by atoms with E-state index in [1.165, 1.54) is 11.1 Å². The fourth-order valence-corrected chi connectivity index (χ4v) is 1.61. The molecule has 0 spiro atoms. The Hall–Kier alpha value is -2.70. The molecule has 0 nitrogen and oxygen atoms in total. The molecule has 0 heteroatoms. The summed E-state index contributed by atoms with van der Waals surface area (Å²) in [5, 5.41) is 0. The zero-order chi connectivity index (χ0) is 14.2. The Morgan fingerprint density at radius 2 is 0.950 bits per heavy atom. The SMILES string of the molecule is Cc1ccc(C#CC=CC#Cc2ccc(C)cc2)cc1. The average molecular weight is 256 g/mol. The molecule has 0 bridgehead atoms. The molecular weight excluding hydrogens is 240 g/mol. The predicted molar refractivity (Wildman–Crippen MR) is 85.3 cm³/mol. The summed E-state index contributed by atoms with van der Waals surface area (Å²) in [4.78, 5) is 0. The standard InChI is InChI=1S/C20H16/c1-17-9-13-19(14-10-17)7-5-3-4-6-8-20-15-11-18(2)12-16-20/h3-4,9-16H,1-2H3. The highest BCUT2D eigenvalue weighted by Crippen LogP contribution is 2.01. The van der Waals surface area contributed by atoms with Gasteiger partial charge in [-0.2, -0.15) is 0 Å². The van der Waals surface area contributed by atoms with Crippen LogP contribution in [0.1, 0.15) is 22.3 Å². The van der Waals surface area contributed by atoms with E-state index < -0.39 is 0 Å². The van der Waals surface area contributed by atoms with Gasteiger partial charge in [-0.1, -0.05) is 59.1 Å². The lowest BCUT2D eigenvalue weighted by molar-refractivity contribution is 1.46. The van der Waals surface area contributed by atoms with Gasteiger partial charge in [-0.15, -0.1) is 0 Å². The zero-order valence-electron chi connectivity index (χ0n) is 11.8. The van der Waals surface area contributed by atoms with Crippen LogP contribution >= 0.6 is 0 Å². The minimum atomic E-state index is 1.02. The minimum absolute atomic E-state index is 1.02. The van der Waals surface area contributed by atoms with Crippen LogP contribution in [0, 0.1) is 37.5 Å². The third-order valence-corrected chi connectivity index (χ3v) is 2.79. The number of aryl methyl sites for hydroxylation is 2. The molecule has 0 atom stereocenters. The second-order valence-electron chi connectivity index (χ2n) is 4.60. The van der Waals surface area contributed by atoms with E-state index in [0.29, 0.717) is 0 Å². The van der Waals surface area contributed by atoms with Crippen molar-refractivity contribution in [1.82, 2.24) is 0 Å². The minimum Gasteiger partial charge on any atom is -0.0689 e. The molecule has 0 radical (unpaired) electrons. The molecule has 0 aliphatic carbocycles. The van der Waals surface area contributed by atoms with E-state index in [2.05, 4.69) is 61.8 Å². The number of rotatable bonds is 0. The first-order valence-electron chi connectivity index (χ1n) is 6.55. The first-order chi connectivity index (χ1) is 9.74. The molecule has 2 aromatic rings. The van der Waals surface area contributed by atoms with E-state index in [1.807, 2.05) is 24.3 Å². The first kappa shape index (κ1) is 13.7. The Morgan fingerprint density at radius 1 is 0.600 bits per heavy atom. The summed E-state index contributed by atoms with van der Waals surface area (Å²) in [7, 11) is 0. The van der Waals surface area contributed by atoms with Gasteiger partial charge in [-0.3, -0.25) is 0 Å². The van der Waals surface area contributed by atoms with Crippen LogP contribution in [0.4, 0.5) is 0 Å². The quantitative estimate of drug-likeness (QED) is 0.618. The van der Waals surface area contributed by atoms with Gasteiger partial charge in [0.15, 0.2) is 0 Å². The molecule has 0 amide bonds. The molecule has 96 valence electrons. The summed E-state index contributed by atoms with van der Waals surface area (Å²) < 4.78 is 0. The van der Waals surface area contributed by atoms with E-state index in [0.717, 1.165) is 11.1 Å². The molecule has 0 saturated carbocycles. The van der Waals surface area contributed by atoms with Gasteiger partial charge in [0, 0.05) is 11.1 Å². The molecule has 0 aliphatic heterocycles. The predicted octanol–water partition coefficient (Wildman–Crippen LogP) is 4.26. The van der Waals surface area contributed by atoms with Crippen LogP contribution in [0.5, 0.6) is 0 Å². The van der Waals surface area contributed by atoms with Crippen molar-refractivity contribution in [3.05, 3.63) is 82.9 Å². The fourth-order valence-electron chi connectivity index (χ4n) is 1.61. The summed E-state index contributed by atoms with van der Waals surface area (Å²) in [6.07, 6.45) is 3.56. The first-order valence-corrected chi connectivity index (χ1v) is 6.55. The van der Waals surface area contributed by atoms with Gasteiger partial charge in [0.1, 0.15) is 0 Å². The van der Waals surface area contributed by atoms with Crippen molar-refractivity contribution in [2.45, 2.75) is 13.8 Å². The van der Waals surface area contributed by atoms with Gasteiger partial charge in [-0.05, 0) is 50.3 Å². The normalized spacial score (nSPS) is 9.50. The summed E-state index contributed by atoms with van der Waals surface area (Å²) in [5.74, 6) is 12.1. The largest absolute Gasteiger partial charge is 0.0689 e. The van der Waals surface area contributed by atoms with Crippen molar-refractivity contribution in [2.24, 2.45) is 0 Å². The highest BCUT2D eigenvalue weighted by Gasteiger charge is 1.85. The molecule has 0 saturated heterocycles. The Labute approximate surface area is 121 Å². The Balaban J connectivity index is 1.95. The van der Waals surface area contributed by atoms with Crippen LogP contribution < -0.4 is 0 Å². The maximum absolute atomic E-state index is 3.07. The van der Waals surface area contributed by atoms with E-state index in [-0.39, 0.29) is 0 Å². The van der Waals surface area contributed by atoms with Gasteiger partial charge in [0.25, 0.3) is 0 Å². The lowest BCUT2D eigenvalue weighted by Gasteiger charge is -1.90. The van der Waals surface area contributed by atoms with Gasteiger partial charge in [-0.25, -0.2) is 0 Å². The molecule has 0 aliphatic rings. The number of benzene rings is 2. The molecule has 2 rings (SSSR count). The van der Waals surface area contributed by atoms with Crippen LogP contribution in [0.15, 0.2) is 60.7 Å². The van der Waals surface area contributed by atoms with Crippen molar-refractivity contribution in [3.8, 4) is 23.7 Å². The van der Waals surface area contributed by atoms with Gasteiger partial charge in [0.2, 0.25) is 0 Å². The maximum atomic E-state index is 3.07. The summed E-state index contributed by atoms with van der Waals surface area (Å²) in [5.41, 5.74) is 4.53. The van der Waals surface area contributed by atoms with Crippen molar-refractivity contribution in [2.75, 3.05) is 0 Å². The molecular formula is C20H16. The molecule has 0 N–H and O–H groups in total. The lowest BCUT2D eigenvalue weighted by atomic mass is 10.1. The van der Waals surface area contributed by atoms with E-state index >= 15 is 0 Å². The molecule has 0 fully saturated rings. The number of hydrogen-bond donors (Lipinski definition) is 0. The molecule has 20 heavy (non-hydrogen) atoms. The smallest absolute Gasteiger partial charge is 0.0249 e. The van der Waals surface area contributed by atoms with Crippen molar-refractivity contribution >= 4 is 0 Å². The van der Waals surface area contributed by atoms with Gasteiger partial charge >= 0.3 is 0 Å². The summed E-state index contributed by atoms with van der Waals surface area (Å²) >= 11 is 0. The lowest BCUT2D eigenvalue weighted by Crippen LogP contribution is -1.74. The Bertz CT molecular complexity index is 641. The van der Waals surface area contributed by atoms with E-state index in [4.69, 9.17) is 0 Å². The van der Waals surface area contributed by atoms with Crippen molar-refractivity contribution in [1.29, 1.82) is 0 Å². The van der Waals surface area contributed by atoms with Crippen LogP contribution in [-0.4, -0.2) is 0 Å². The monoisotopic (exact) mass is 256 g/mol. The summed E-state index contributed by atoms with van der Waals surface area (Å²) in [6.45, 7) is 4.13. The van der Waals surface area contributed by atoms with Crippen molar-refractivity contribution < 1.29 is 0 Å². The van der Waals surface area contributed by atoms with Crippen LogP contribution in [-0.2, 0) is 0 Å². The topological polar surface area (TPSA) is 0 Å². The molecule has 0 aromatic heterocycles. The van der Waals surface area contributed by atoms with Crippen molar-refractivity contribution in [3.63, 3.8) is 0 Å².